The number of para-hydroxylation sites is 1. The number of amides is 1. The van der Waals surface area contributed by atoms with Crippen LogP contribution in [0.4, 0.5) is 5.00 Å². The predicted molar refractivity (Wildman–Crippen MR) is 119 cm³/mol. The van der Waals surface area contributed by atoms with E-state index in [1.54, 1.807) is 13.2 Å². The fraction of sp³-hybridized carbons (Fsp3) is 0.348. The van der Waals surface area contributed by atoms with E-state index in [0.717, 1.165) is 16.0 Å². The summed E-state index contributed by atoms with van der Waals surface area (Å²) in [5.41, 5.74) is 1.94. The molecule has 0 aliphatic rings. The smallest absolute Gasteiger partial charge is 0.341 e. The highest BCUT2D eigenvalue weighted by atomic mass is 32.1. The van der Waals surface area contributed by atoms with Crippen molar-refractivity contribution in [2.24, 2.45) is 5.41 Å². The Labute approximate surface area is 185 Å². The molecule has 3 rings (SSSR count). The first kappa shape index (κ1) is 22.6. The molecule has 3 aromatic rings. The van der Waals surface area contributed by atoms with Crippen molar-refractivity contribution in [2.75, 3.05) is 12.4 Å². The van der Waals surface area contributed by atoms with E-state index < -0.39 is 11.4 Å². The number of thiophene rings is 1. The second kappa shape index (κ2) is 8.93. The molecule has 0 radical (unpaired) electrons. The number of nitrogens with zero attached hydrogens (tertiary/aromatic N) is 1. The quantitative estimate of drug-likeness (QED) is 0.516. The van der Waals surface area contributed by atoms with Crippen molar-refractivity contribution in [1.82, 2.24) is 5.16 Å². The Kier molecular flexibility index (Phi) is 6.50. The maximum atomic E-state index is 12.8. The maximum absolute atomic E-state index is 12.8. The highest BCUT2D eigenvalue weighted by Crippen LogP contribution is 2.34. The Morgan fingerprint density at radius 2 is 1.90 bits per heavy atom. The van der Waals surface area contributed by atoms with Crippen molar-refractivity contribution in [3.05, 3.63) is 52.1 Å². The fourth-order valence-corrected chi connectivity index (χ4v) is 3.87. The molecular weight excluding hydrogens is 416 g/mol. The van der Waals surface area contributed by atoms with Crippen molar-refractivity contribution in [2.45, 2.75) is 41.2 Å². The number of benzene rings is 1. The van der Waals surface area contributed by atoms with Crippen LogP contribution in [0.3, 0.4) is 0 Å². The first-order valence-corrected chi connectivity index (χ1v) is 10.6. The van der Waals surface area contributed by atoms with Gasteiger partial charge in [0, 0.05) is 21.9 Å². The van der Waals surface area contributed by atoms with Gasteiger partial charge in [-0.25, -0.2) is 4.79 Å². The Balaban J connectivity index is 1.75. The third kappa shape index (κ3) is 4.96. The number of carbonyl (C=O) groups excluding carboxylic acids is 2. The number of hydrogen-bond acceptors (Lipinski definition) is 7. The summed E-state index contributed by atoms with van der Waals surface area (Å²) in [6.07, 6.45) is 0. The summed E-state index contributed by atoms with van der Waals surface area (Å²) in [4.78, 5) is 26.2. The standard InChI is InChI=1S/C23H26N2O5S/c1-13-14(2)31-20(24-22(27)23(3,4)5)19(13)21(26)29-12-15-11-17(25-30-15)16-9-7-8-10-18(16)28-6/h7-11H,12H2,1-6H3,(H,24,27). The van der Waals surface area contributed by atoms with Crippen LogP contribution in [0.15, 0.2) is 34.9 Å². The summed E-state index contributed by atoms with van der Waals surface area (Å²) < 4.78 is 16.2. The first-order valence-electron chi connectivity index (χ1n) is 9.79. The Bertz CT molecular complexity index is 1110. The molecule has 31 heavy (non-hydrogen) atoms. The third-order valence-corrected chi connectivity index (χ3v) is 5.91. The third-order valence-electron chi connectivity index (χ3n) is 4.79. The largest absolute Gasteiger partial charge is 0.496 e. The second-order valence-electron chi connectivity index (χ2n) is 8.15. The molecule has 1 amide bonds. The van der Waals surface area contributed by atoms with Crippen LogP contribution in [0.1, 0.15) is 47.3 Å². The number of anilines is 1. The normalized spacial score (nSPS) is 11.3. The molecule has 7 nitrogen and oxygen atoms in total. The summed E-state index contributed by atoms with van der Waals surface area (Å²) in [5.74, 6) is 0.378. The fourth-order valence-electron chi connectivity index (χ4n) is 2.82. The Hall–Kier alpha value is -3.13. The molecule has 1 N–H and O–H groups in total. The van der Waals surface area contributed by atoms with E-state index in [2.05, 4.69) is 10.5 Å². The number of hydrogen-bond donors (Lipinski definition) is 1. The Morgan fingerprint density at radius 1 is 1.19 bits per heavy atom. The lowest BCUT2D eigenvalue weighted by molar-refractivity contribution is -0.123. The lowest BCUT2D eigenvalue weighted by Crippen LogP contribution is -2.28. The molecular formula is C23H26N2O5S. The van der Waals surface area contributed by atoms with Gasteiger partial charge in [-0.1, -0.05) is 38.1 Å². The number of esters is 1. The molecule has 0 aliphatic heterocycles. The number of aryl methyl sites for hydroxylation is 1. The molecule has 2 heterocycles. The van der Waals surface area contributed by atoms with Crippen molar-refractivity contribution < 1.29 is 23.6 Å². The molecule has 1 aromatic carbocycles. The van der Waals surface area contributed by atoms with Gasteiger partial charge in [-0.3, -0.25) is 4.79 Å². The number of aromatic nitrogens is 1. The average molecular weight is 443 g/mol. The lowest BCUT2D eigenvalue weighted by atomic mass is 9.96. The van der Waals surface area contributed by atoms with Gasteiger partial charge in [-0.05, 0) is 31.5 Å². The van der Waals surface area contributed by atoms with Gasteiger partial charge in [0.15, 0.2) is 12.4 Å². The molecule has 0 fully saturated rings. The van der Waals surface area contributed by atoms with Gasteiger partial charge in [0.25, 0.3) is 0 Å². The van der Waals surface area contributed by atoms with E-state index >= 15 is 0 Å². The zero-order valence-electron chi connectivity index (χ0n) is 18.5. The predicted octanol–water partition coefficient (Wildman–Crippen LogP) is 5.37. The van der Waals surface area contributed by atoms with Crippen LogP contribution in [-0.4, -0.2) is 24.1 Å². The van der Waals surface area contributed by atoms with Crippen molar-refractivity contribution in [1.29, 1.82) is 0 Å². The van der Waals surface area contributed by atoms with E-state index in [1.165, 1.54) is 11.3 Å². The van der Waals surface area contributed by atoms with Gasteiger partial charge in [0.2, 0.25) is 5.91 Å². The summed E-state index contributed by atoms with van der Waals surface area (Å²) in [6, 6.07) is 9.15. The number of nitrogens with one attached hydrogen (secondary N) is 1. The van der Waals surface area contributed by atoms with Gasteiger partial charge >= 0.3 is 5.97 Å². The van der Waals surface area contributed by atoms with Crippen LogP contribution in [0.5, 0.6) is 5.75 Å². The van der Waals surface area contributed by atoms with E-state index in [0.29, 0.717) is 27.8 Å². The zero-order chi connectivity index (χ0) is 22.8. The first-order chi connectivity index (χ1) is 14.6. The minimum Gasteiger partial charge on any atom is -0.496 e. The van der Waals surface area contributed by atoms with Crippen LogP contribution in [0, 0.1) is 19.3 Å². The van der Waals surface area contributed by atoms with Crippen LogP contribution in [0.2, 0.25) is 0 Å². The molecule has 0 bridgehead atoms. The van der Waals surface area contributed by atoms with Crippen molar-refractivity contribution in [3.8, 4) is 17.0 Å². The zero-order valence-corrected chi connectivity index (χ0v) is 19.3. The maximum Gasteiger partial charge on any atom is 0.341 e. The van der Waals surface area contributed by atoms with Gasteiger partial charge < -0.3 is 19.3 Å². The van der Waals surface area contributed by atoms with Gasteiger partial charge in [-0.15, -0.1) is 11.3 Å². The number of carbonyl (C=O) groups is 2. The van der Waals surface area contributed by atoms with E-state index in [1.807, 2.05) is 58.9 Å². The molecule has 0 atom stereocenters. The average Bonchev–Trinajstić information content (AvgIpc) is 3.30. The van der Waals surface area contributed by atoms with E-state index in [4.69, 9.17) is 14.0 Å². The van der Waals surface area contributed by atoms with E-state index in [9.17, 15) is 9.59 Å². The van der Waals surface area contributed by atoms with Crippen LogP contribution in [0.25, 0.3) is 11.3 Å². The molecule has 164 valence electrons. The van der Waals surface area contributed by atoms with Gasteiger partial charge in [0.1, 0.15) is 16.4 Å². The van der Waals surface area contributed by atoms with Gasteiger partial charge in [-0.2, -0.15) is 0 Å². The molecule has 0 aliphatic carbocycles. The van der Waals surface area contributed by atoms with E-state index in [-0.39, 0.29) is 12.5 Å². The Morgan fingerprint density at radius 3 is 2.58 bits per heavy atom. The van der Waals surface area contributed by atoms with Crippen LogP contribution >= 0.6 is 11.3 Å². The van der Waals surface area contributed by atoms with Crippen LogP contribution < -0.4 is 10.1 Å². The minimum atomic E-state index is -0.582. The molecule has 0 unspecified atom stereocenters. The van der Waals surface area contributed by atoms with Crippen molar-refractivity contribution >= 4 is 28.2 Å². The van der Waals surface area contributed by atoms with Gasteiger partial charge in [0.05, 0.1) is 12.7 Å². The SMILES string of the molecule is COc1ccccc1-c1cc(COC(=O)c2c(NC(=O)C(C)(C)C)sc(C)c2C)on1. The summed E-state index contributed by atoms with van der Waals surface area (Å²) in [7, 11) is 1.59. The topological polar surface area (TPSA) is 90.7 Å². The summed E-state index contributed by atoms with van der Waals surface area (Å²) in [6.45, 7) is 9.11. The number of methoxy groups -OCH3 is 1. The number of rotatable bonds is 6. The highest BCUT2D eigenvalue weighted by Gasteiger charge is 2.27. The second-order valence-corrected chi connectivity index (χ2v) is 9.37. The summed E-state index contributed by atoms with van der Waals surface area (Å²) >= 11 is 1.36. The summed E-state index contributed by atoms with van der Waals surface area (Å²) in [5, 5.41) is 7.40. The van der Waals surface area contributed by atoms with Crippen molar-refractivity contribution in [3.63, 3.8) is 0 Å². The molecule has 8 heteroatoms. The lowest BCUT2D eigenvalue weighted by Gasteiger charge is -2.17. The minimum absolute atomic E-state index is 0.0814. The molecule has 2 aromatic heterocycles. The molecule has 0 saturated heterocycles. The van der Waals surface area contributed by atoms with Crippen LogP contribution in [-0.2, 0) is 16.1 Å². The molecule has 0 spiro atoms. The monoisotopic (exact) mass is 442 g/mol. The number of ether oxygens (including phenoxy) is 2. The molecule has 0 saturated carbocycles. The highest BCUT2D eigenvalue weighted by molar-refractivity contribution is 7.16.